The lowest BCUT2D eigenvalue weighted by molar-refractivity contribution is -0.146. The van der Waals surface area contributed by atoms with Gasteiger partial charge in [0, 0.05) is 72.0 Å². The molecule has 0 bridgehead atoms. The number of hydrogen-bond acceptors (Lipinski definition) is 18. The Morgan fingerprint density at radius 2 is 1.12 bits per heavy atom. The van der Waals surface area contributed by atoms with Gasteiger partial charge in [0.1, 0.15) is 6.61 Å². The van der Waals surface area contributed by atoms with Crippen LogP contribution in [0.2, 0.25) is 0 Å². The first-order valence-corrected chi connectivity index (χ1v) is 30.5. The van der Waals surface area contributed by atoms with E-state index in [4.69, 9.17) is 58.2 Å². The molecule has 0 saturated carbocycles. The van der Waals surface area contributed by atoms with Crippen LogP contribution < -0.4 is 21.7 Å². The van der Waals surface area contributed by atoms with Gasteiger partial charge in [0.2, 0.25) is 11.8 Å². The van der Waals surface area contributed by atoms with E-state index in [1.54, 1.807) is 73.1 Å². The van der Waals surface area contributed by atoms with Crippen molar-refractivity contribution in [3.05, 3.63) is 0 Å². The number of amides is 3. The molecule has 0 radical (unpaired) electrons. The Labute approximate surface area is 449 Å². The molecule has 29 nitrogen and oxygen atoms in total. The molecule has 4 rings (SSSR count). The second-order valence-electron chi connectivity index (χ2n) is 19.7. The van der Waals surface area contributed by atoms with Crippen LogP contribution in [0.1, 0.15) is 33.6 Å². The number of piperazine rings is 1. The number of likely N-dealkylation sites (N-methyl/N-ethyl adjacent to an activating group) is 1. The molecule has 76 heavy (non-hydrogen) atoms. The topological polar surface area (TPSA) is 318 Å². The number of nitrogens with one attached hydrogen (secondary N) is 4. The number of carbonyl (C=O) groups is 3. The van der Waals surface area contributed by atoms with Gasteiger partial charge in [-0.1, -0.05) is 0 Å². The fraction of sp³-hybridized carbons (Fsp3) is 0.909. The Kier molecular flexibility index (Phi) is 27.9. The quantitative estimate of drug-likeness (QED) is 0.0222. The maximum Gasteiger partial charge on any atom is 0.409 e. The second kappa shape index (κ2) is 32.1. The molecule has 0 aliphatic carbocycles. The van der Waals surface area contributed by atoms with Crippen molar-refractivity contribution < 1.29 is 75.2 Å². The van der Waals surface area contributed by atoms with Crippen molar-refractivity contribution in [2.45, 2.75) is 76.3 Å². The minimum atomic E-state index is -3.76. The van der Waals surface area contributed by atoms with Crippen LogP contribution in [0.4, 0.5) is 4.79 Å². The normalized spacial score (nSPS) is 26.2. The number of ether oxygens (including phenoxy) is 6. The minimum Gasteiger partial charge on any atom is -0.447 e. The van der Waals surface area contributed by atoms with Crippen molar-refractivity contribution >= 4 is 46.9 Å². The molecular weight excluding hydrogens is 1060 g/mol. The van der Waals surface area contributed by atoms with Gasteiger partial charge in [0.25, 0.3) is 0 Å². The summed E-state index contributed by atoms with van der Waals surface area (Å²) in [6.07, 6.45) is -2.58. The molecule has 10 atom stereocenters. The summed E-state index contributed by atoms with van der Waals surface area (Å²) in [7, 11) is 0.535. The van der Waals surface area contributed by atoms with Gasteiger partial charge < -0.3 is 78.6 Å². The third-order valence-electron chi connectivity index (χ3n) is 12.8. The van der Waals surface area contributed by atoms with Crippen LogP contribution in [0.3, 0.4) is 0 Å². The molecule has 7 N–H and O–H groups in total. The summed E-state index contributed by atoms with van der Waals surface area (Å²) < 4.78 is 108. The molecule has 442 valence electrons. The molecule has 4 heterocycles. The molecule has 0 aromatic rings. The predicted octanol–water partition coefficient (Wildman–Crippen LogP) is -0.413. The maximum atomic E-state index is 15.0. The minimum absolute atomic E-state index is 0.0591. The third kappa shape index (κ3) is 20.0. The Hall–Kier alpha value is -2.47. The third-order valence-corrected chi connectivity index (χ3v) is 20.5. The van der Waals surface area contributed by atoms with Crippen LogP contribution >= 0.6 is 23.0 Å². The van der Waals surface area contributed by atoms with Gasteiger partial charge in [0.15, 0.2) is 5.96 Å². The Bertz CT molecular complexity index is 1960. The standard InChI is InChI=1S/C44H90N13O16P3/c1-34-25-54(41(59)24-49-42(60)40(47-4)12-11-13-48-43(45)46)28-37(71-34)31-69-75(63,51(7)8)56-26-36(3)73-39(30-56)33-70-76(64,52(9)10)57-27-35(2)72-38(29-57)32-68-74(62,50(5)6)55-16-14-53(15-17-55)44(61)67-23-22-66-21-20-65-19-18-58/h34-40,47,58H,11-33H2,1-10H3,(H,49,60)(H4,45,46,48). The molecule has 0 spiro atoms. The van der Waals surface area contributed by atoms with Crippen LogP contribution in [0, 0.1) is 5.41 Å². The highest BCUT2D eigenvalue weighted by Gasteiger charge is 2.46. The highest BCUT2D eigenvalue weighted by Crippen LogP contribution is 2.57. The Balaban J connectivity index is 1.30. The molecule has 3 amide bonds. The van der Waals surface area contributed by atoms with Gasteiger partial charge in [-0.3, -0.25) is 28.7 Å². The van der Waals surface area contributed by atoms with Crippen LogP contribution in [0.5, 0.6) is 0 Å². The number of aliphatic hydroxyl groups excluding tert-OH is 1. The summed E-state index contributed by atoms with van der Waals surface area (Å²) in [5.74, 6) is -0.776. The van der Waals surface area contributed by atoms with E-state index in [1.807, 2.05) is 20.8 Å². The summed E-state index contributed by atoms with van der Waals surface area (Å²) in [6, 6.07) is -0.541. The van der Waals surface area contributed by atoms with Crippen LogP contribution in [-0.2, 0) is 65.3 Å². The van der Waals surface area contributed by atoms with Crippen molar-refractivity contribution in [3.63, 3.8) is 0 Å². The molecule has 10 unspecified atom stereocenters. The van der Waals surface area contributed by atoms with E-state index >= 15 is 0 Å². The molecule has 4 aliphatic heterocycles. The number of rotatable bonds is 31. The Morgan fingerprint density at radius 1 is 0.658 bits per heavy atom. The first-order valence-electron chi connectivity index (χ1n) is 25.9. The number of hydrogen-bond donors (Lipinski definition) is 6. The molecule has 0 aromatic carbocycles. The van der Waals surface area contributed by atoms with Crippen molar-refractivity contribution in [3.8, 4) is 0 Å². The van der Waals surface area contributed by atoms with E-state index in [1.165, 1.54) is 14.0 Å². The summed E-state index contributed by atoms with van der Waals surface area (Å²) in [4.78, 5) is 42.2. The smallest absolute Gasteiger partial charge is 0.409 e. The first kappa shape index (κ1) is 66.0. The lowest BCUT2D eigenvalue weighted by Gasteiger charge is -2.45. The molecule has 4 saturated heterocycles. The van der Waals surface area contributed by atoms with Crippen LogP contribution in [0.25, 0.3) is 0 Å². The van der Waals surface area contributed by atoms with Crippen LogP contribution in [0.15, 0.2) is 0 Å². The number of morpholine rings is 3. The molecule has 4 fully saturated rings. The lowest BCUT2D eigenvalue weighted by atomic mass is 10.1. The van der Waals surface area contributed by atoms with Crippen molar-refractivity contribution in [1.82, 2.24) is 53.8 Å². The Morgan fingerprint density at radius 3 is 1.59 bits per heavy atom. The monoisotopic (exact) mass is 1150 g/mol. The number of nitrogens with zero attached hydrogens (tertiary/aromatic N) is 8. The van der Waals surface area contributed by atoms with Gasteiger partial charge in [-0.25, -0.2) is 32.8 Å². The van der Waals surface area contributed by atoms with Crippen LogP contribution in [-0.4, -0.2) is 297 Å². The average molecular weight is 1150 g/mol. The van der Waals surface area contributed by atoms with Gasteiger partial charge in [-0.2, -0.15) is 0 Å². The number of carbonyl (C=O) groups excluding carboxylic acids is 3. The fourth-order valence-electron chi connectivity index (χ4n) is 9.00. The van der Waals surface area contributed by atoms with E-state index in [-0.39, 0.29) is 136 Å². The van der Waals surface area contributed by atoms with E-state index < -0.39 is 65.7 Å². The van der Waals surface area contributed by atoms with Gasteiger partial charge >= 0.3 is 29.1 Å². The van der Waals surface area contributed by atoms with E-state index in [9.17, 15) is 28.1 Å². The van der Waals surface area contributed by atoms with E-state index in [2.05, 4.69) is 16.0 Å². The molecule has 4 aliphatic rings. The fourth-order valence-corrected chi connectivity index (χ4v) is 15.1. The summed E-state index contributed by atoms with van der Waals surface area (Å²) in [6.45, 7) is 8.72. The first-order chi connectivity index (χ1) is 35.9. The SMILES string of the molecule is CNC(CCCNC(=N)N)C(=O)NCC(=O)N1CC(C)OC(COP(=O)(N(C)C)N2CC(C)OC(COP(=O)(N(C)C)N3CC(C)OC(COP(=O)(N(C)C)N4CCN(C(=O)OCCOCCOCCO)CC4)C3)C2)C1. The van der Waals surface area contributed by atoms with E-state index in [0.29, 0.717) is 39.1 Å². The summed E-state index contributed by atoms with van der Waals surface area (Å²) in [5, 5.41) is 24.5. The molecule has 0 aromatic heterocycles. The molecule has 32 heteroatoms. The predicted molar refractivity (Wildman–Crippen MR) is 283 cm³/mol. The highest BCUT2D eigenvalue weighted by molar-refractivity contribution is 7.54. The van der Waals surface area contributed by atoms with Gasteiger partial charge in [-0.15, -0.1) is 0 Å². The lowest BCUT2D eigenvalue weighted by Crippen LogP contribution is -2.54. The van der Waals surface area contributed by atoms with Crippen molar-refractivity contribution in [2.75, 3.05) is 187 Å². The summed E-state index contributed by atoms with van der Waals surface area (Å²) >= 11 is 0. The van der Waals surface area contributed by atoms with Crippen molar-refractivity contribution in [2.24, 2.45) is 5.73 Å². The zero-order valence-corrected chi connectivity index (χ0v) is 49.1. The zero-order valence-electron chi connectivity index (χ0n) is 46.4. The number of nitrogens with two attached hydrogens (primary N) is 1. The largest absolute Gasteiger partial charge is 0.447 e. The zero-order chi connectivity index (χ0) is 56.2. The van der Waals surface area contributed by atoms with Gasteiger partial charge in [-0.05, 0) is 82.9 Å². The van der Waals surface area contributed by atoms with E-state index in [0.717, 1.165) is 0 Å². The van der Waals surface area contributed by atoms with Crippen molar-refractivity contribution in [1.29, 1.82) is 5.41 Å². The number of guanidine groups is 1. The second-order valence-corrected chi connectivity index (χ2v) is 27.5. The summed E-state index contributed by atoms with van der Waals surface area (Å²) in [5.41, 5.74) is 5.34. The highest BCUT2D eigenvalue weighted by atomic mass is 31.2. The number of aliphatic hydroxyl groups is 1. The van der Waals surface area contributed by atoms with Gasteiger partial charge in [0.05, 0.1) is 102 Å². The molecular formula is C44H90N13O16P3. The maximum absolute atomic E-state index is 15.0. The average Bonchev–Trinajstić information content (AvgIpc) is 3.37.